The molecule has 32 heavy (non-hydrogen) atoms. The van der Waals surface area contributed by atoms with Gasteiger partial charge in [-0.1, -0.05) is 72.8 Å². The maximum Gasteiger partial charge on any atom is 0.319 e. The Morgan fingerprint density at radius 2 is 1.41 bits per heavy atom. The van der Waals surface area contributed by atoms with Gasteiger partial charge in [-0.05, 0) is 42.9 Å². The van der Waals surface area contributed by atoms with Crippen LogP contribution in [0.5, 0.6) is 0 Å². The summed E-state index contributed by atoms with van der Waals surface area (Å²) in [4.78, 5) is 27.4. The SMILES string of the molecule is CN(C)CCNC(=O)C(Cc1ccccc1)NC(=O)Nc1ccc(-c2ccccc2)cc1. The maximum atomic E-state index is 12.7. The van der Waals surface area contributed by atoms with E-state index in [-0.39, 0.29) is 5.91 Å². The van der Waals surface area contributed by atoms with E-state index in [1.54, 1.807) is 0 Å². The van der Waals surface area contributed by atoms with E-state index in [0.717, 1.165) is 23.2 Å². The number of nitrogens with one attached hydrogen (secondary N) is 3. The van der Waals surface area contributed by atoms with Crippen LogP contribution in [-0.4, -0.2) is 50.1 Å². The molecule has 3 rings (SSSR count). The molecule has 0 saturated carbocycles. The quantitative estimate of drug-likeness (QED) is 0.484. The molecule has 3 aromatic rings. The first-order valence-electron chi connectivity index (χ1n) is 10.7. The zero-order valence-electron chi connectivity index (χ0n) is 18.5. The molecule has 0 bridgehead atoms. The van der Waals surface area contributed by atoms with Crippen LogP contribution in [0, 0.1) is 0 Å². The first-order valence-corrected chi connectivity index (χ1v) is 10.7. The third kappa shape index (κ3) is 7.25. The number of likely N-dealkylation sites (N-methyl/N-ethyl adjacent to an activating group) is 1. The maximum absolute atomic E-state index is 12.7. The molecule has 0 fully saturated rings. The average Bonchev–Trinajstić information content (AvgIpc) is 2.80. The lowest BCUT2D eigenvalue weighted by molar-refractivity contribution is -0.122. The Balaban J connectivity index is 1.62. The fraction of sp³-hybridized carbons (Fsp3) is 0.231. The second-order valence-corrected chi connectivity index (χ2v) is 7.88. The van der Waals surface area contributed by atoms with Gasteiger partial charge in [0.05, 0.1) is 0 Å². The Kier molecular flexibility index (Phi) is 8.40. The lowest BCUT2D eigenvalue weighted by Crippen LogP contribution is -2.50. The van der Waals surface area contributed by atoms with Gasteiger partial charge in [-0.3, -0.25) is 4.79 Å². The normalized spacial score (nSPS) is 11.6. The predicted molar refractivity (Wildman–Crippen MR) is 130 cm³/mol. The number of amides is 3. The zero-order valence-corrected chi connectivity index (χ0v) is 18.5. The van der Waals surface area contributed by atoms with Crippen molar-refractivity contribution in [3.63, 3.8) is 0 Å². The summed E-state index contributed by atoms with van der Waals surface area (Å²) >= 11 is 0. The molecular weight excluding hydrogens is 400 g/mol. The van der Waals surface area contributed by atoms with Crippen LogP contribution in [0.2, 0.25) is 0 Å². The van der Waals surface area contributed by atoms with Gasteiger partial charge in [0, 0.05) is 25.2 Å². The zero-order chi connectivity index (χ0) is 22.8. The van der Waals surface area contributed by atoms with Gasteiger partial charge in [0.1, 0.15) is 6.04 Å². The fourth-order valence-electron chi connectivity index (χ4n) is 3.29. The Morgan fingerprint density at radius 1 is 0.812 bits per heavy atom. The molecule has 166 valence electrons. The molecule has 0 aliphatic carbocycles. The van der Waals surface area contributed by atoms with E-state index in [1.807, 2.05) is 104 Å². The smallest absolute Gasteiger partial charge is 0.319 e. The van der Waals surface area contributed by atoms with Crippen molar-refractivity contribution < 1.29 is 9.59 Å². The molecule has 0 spiro atoms. The van der Waals surface area contributed by atoms with E-state index in [0.29, 0.717) is 18.7 Å². The third-order valence-corrected chi connectivity index (χ3v) is 5.01. The molecule has 1 unspecified atom stereocenters. The van der Waals surface area contributed by atoms with Crippen LogP contribution in [0.15, 0.2) is 84.9 Å². The van der Waals surface area contributed by atoms with Crippen LogP contribution in [0.1, 0.15) is 5.56 Å². The van der Waals surface area contributed by atoms with Crippen molar-refractivity contribution >= 4 is 17.6 Å². The molecule has 0 aliphatic heterocycles. The van der Waals surface area contributed by atoms with Crippen molar-refractivity contribution in [2.75, 3.05) is 32.5 Å². The van der Waals surface area contributed by atoms with E-state index >= 15 is 0 Å². The van der Waals surface area contributed by atoms with Crippen molar-refractivity contribution in [1.82, 2.24) is 15.5 Å². The van der Waals surface area contributed by atoms with Crippen LogP contribution in [0.4, 0.5) is 10.5 Å². The van der Waals surface area contributed by atoms with Gasteiger partial charge in [0.15, 0.2) is 0 Å². The van der Waals surface area contributed by atoms with E-state index < -0.39 is 12.1 Å². The number of hydrogen-bond acceptors (Lipinski definition) is 3. The molecule has 0 aliphatic rings. The minimum Gasteiger partial charge on any atom is -0.353 e. The minimum atomic E-state index is -0.678. The Morgan fingerprint density at radius 3 is 2.03 bits per heavy atom. The Labute approximate surface area is 189 Å². The highest BCUT2D eigenvalue weighted by atomic mass is 16.2. The lowest BCUT2D eigenvalue weighted by atomic mass is 10.1. The summed E-state index contributed by atoms with van der Waals surface area (Å²) in [6, 6.07) is 26.2. The lowest BCUT2D eigenvalue weighted by Gasteiger charge is -2.20. The van der Waals surface area contributed by atoms with E-state index in [1.165, 1.54) is 0 Å². The number of rotatable bonds is 9. The summed E-state index contributed by atoms with van der Waals surface area (Å²) < 4.78 is 0. The Hall–Kier alpha value is -3.64. The molecule has 6 nitrogen and oxygen atoms in total. The van der Waals surface area contributed by atoms with Crippen LogP contribution < -0.4 is 16.0 Å². The molecule has 1 atom stereocenters. The first kappa shape index (κ1) is 23.0. The van der Waals surface area contributed by atoms with Crippen molar-refractivity contribution in [3.8, 4) is 11.1 Å². The summed E-state index contributed by atoms with van der Waals surface area (Å²) in [7, 11) is 3.89. The summed E-state index contributed by atoms with van der Waals surface area (Å²) in [5, 5.41) is 8.56. The summed E-state index contributed by atoms with van der Waals surface area (Å²) in [5.41, 5.74) is 3.82. The van der Waals surface area contributed by atoms with Gasteiger partial charge in [-0.2, -0.15) is 0 Å². The second-order valence-electron chi connectivity index (χ2n) is 7.88. The van der Waals surface area contributed by atoms with Crippen molar-refractivity contribution in [2.45, 2.75) is 12.5 Å². The van der Waals surface area contributed by atoms with Crippen LogP contribution in [0.3, 0.4) is 0 Å². The number of benzene rings is 3. The van der Waals surface area contributed by atoms with Crippen LogP contribution in [-0.2, 0) is 11.2 Å². The van der Waals surface area contributed by atoms with Crippen LogP contribution >= 0.6 is 0 Å². The molecule has 0 saturated heterocycles. The molecular formula is C26H30N4O2. The second kappa shape index (κ2) is 11.7. The van der Waals surface area contributed by atoms with Gasteiger partial charge in [-0.15, -0.1) is 0 Å². The van der Waals surface area contributed by atoms with Crippen molar-refractivity contribution in [1.29, 1.82) is 0 Å². The van der Waals surface area contributed by atoms with E-state index in [2.05, 4.69) is 16.0 Å². The number of hydrogen-bond donors (Lipinski definition) is 3. The third-order valence-electron chi connectivity index (χ3n) is 5.01. The number of carbonyl (C=O) groups excluding carboxylic acids is 2. The molecule has 0 radical (unpaired) electrons. The average molecular weight is 431 g/mol. The monoisotopic (exact) mass is 430 g/mol. The Bertz CT molecular complexity index is 989. The fourth-order valence-corrected chi connectivity index (χ4v) is 3.29. The molecule has 3 aromatic carbocycles. The van der Waals surface area contributed by atoms with Gasteiger partial charge in [0.25, 0.3) is 0 Å². The topological polar surface area (TPSA) is 73.5 Å². The number of urea groups is 1. The predicted octanol–water partition coefficient (Wildman–Crippen LogP) is 3.76. The van der Waals surface area contributed by atoms with Crippen LogP contribution in [0.25, 0.3) is 11.1 Å². The molecule has 3 amide bonds. The van der Waals surface area contributed by atoms with Gasteiger partial charge in [-0.25, -0.2) is 4.79 Å². The molecule has 6 heteroatoms. The van der Waals surface area contributed by atoms with E-state index in [9.17, 15) is 9.59 Å². The number of carbonyl (C=O) groups is 2. The van der Waals surface area contributed by atoms with Crippen molar-refractivity contribution in [3.05, 3.63) is 90.5 Å². The summed E-state index contributed by atoms with van der Waals surface area (Å²) in [5.74, 6) is -0.203. The van der Waals surface area contributed by atoms with Gasteiger partial charge < -0.3 is 20.9 Å². The highest BCUT2D eigenvalue weighted by Crippen LogP contribution is 2.21. The summed E-state index contributed by atoms with van der Waals surface area (Å²) in [6.07, 6.45) is 0.412. The van der Waals surface area contributed by atoms with E-state index in [4.69, 9.17) is 0 Å². The molecule has 0 aromatic heterocycles. The van der Waals surface area contributed by atoms with Gasteiger partial charge >= 0.3 is 6.03 Å². The molecule has 3 N–H and O–H groups in total. The highest BCUT2D eigenvalue weighted by Gasteiger charge is 2.21. The number of anilines is 1. The standard InChI is InChI=1S/C26H30N4O2/c1-30(2)18-17-27-25(31)24(19-20-9-5-3-6-10-20)29-26(32)28-23-15-13-22(14-16-23)21-11-7-4-8-12-21/h3-16,24H,17-19H2,1-2H3,(H,27,31)(H2,28,29,32). The minimum absolute atomic E-state index is 0.203. The largest absolute Gasteiger partial charge is 0.353 e. The highest BCUT2D eigenvalue weighted by molar-refractivity contribution is 5.94. The van der Waals surface area contributed by atoms with Gasteiger partial charge in [0.2, 0.25) is 5.91 Å². The molecule has 0 heterocycles. The first-order chi connectivity index (χ1) is 15.5. The number of nitrogens with zero attached hydrogens (tertiary/aromatic N) is 1. The van der Waals surface area contributed by atoms with Crippen molar-refractivity contribution in [2.24, 2.45) is 0 Å². The summed E-state index contributed by atoms with van der Waals surface area (Å²) in [6.45, 7) is 1.24.